The van der Waals surface area contributed by atoms with Gasteiger partial charge < -0.3 is 23.6 Å². The third-order valence-electron chi connectivity index (χ3n) is 17.2. The lowest BCUT2D eigenvalue weighted by Crippen LogP contribution is -2.16. The molecule has 0 saturated carbocycles. The van der Waals surface area contributed by atoms with Crippen molar-refractivity contribution in [3.8, 4) is 0 Å². The standard InChI is InChI=1S/3C10H15N.C9H16N2S.C9H15NS.C8H12FNS.4C8H14N2.C8H13NS2/c1-8-5-6-11-9(7-8)10(2,3)4;1-8-5-6-9(11-7-8)10(2,3)4;1-8-6-5-7-9(11-8)10(2,3)4;1-9(2,3)7-6-12-8(10-7)11(4)5;1-5-8-10-7(6-11-8)9(2,3)4;1-8(2,3)6-5-11-7(4-9)10-6;1-8(2,3)7-5-10(4)6-9-7;1-8(2,3)7-5-9-6-10(7)4;1-8(2,3)7-9-5-6-10(7)4;1-6-9-5-7(10-6)8(2,3)4;1-8(2,3)6-5-11-7(9-6)10-4/h3*5-7H,1-4H3;6H,1-5H3;6H,5H2,1-4H3;5H,4H2,1-3H3;3*5-6H,1-4H3;5H,1-4H3,(H,9,10);5H,1-4H3. The van der Waals surface area contributed by atoms with Crippen LogP contribution in [0.5, 0.6) is 0 Å². The molecule has 118 heavy (non-hydrogen) atoms. The van der Waals surface area contributed by atoms with Gasteiger partial charge in [0.25, 0.3) is 0 Å². The van der Waals surface area contributed by atoms with E-state index in [0.717, 1.165) is 61.7 Å². The van der Waals surface area contributed by atoms with Gasteiger partial charge in [0.15, 0.2) is 5.13 Å². The summed E-state index contributed by atoms with van der Waals surface area (Å²) in [5, 5.41) is 11.3. The molecule has 16 nitrogen and oxygen atoms in total. The molecule has 22 heteroatoms. The second-order valence-corrected chi connectivity index (χ2v) is 45.9. The molecule has 0 bridgehead atoms. The molecule has 11 aromatic rings. The number of imidazole rings is 4. The van der Waals surface area contributed by atoms with E-state index in [0.29, 0.717) is 5.01 Å². The van der Waals surface area contributed by atoms with Gasteiger partial charge in [-0.2, -0.15) is 0 Å². The fourth-order valence-corrected chi connectivity index (χ4v) is 13.9. The first-order valence-electron chi connectivity index (χ1n) is 40.9. The molecule has 0 fully saturated rings. The van der Waals surface area contributed by atoms with Crippen LogP contribution in [-0.2, 0) is 93.8 Å². The molecule has 0 amide bonds. The van der Waals surface area contributed by atoms with Crippen molar-refractivity contribution in [2.75, 3.05) is 25.3 Å². The Morgan fingerprint density at radius 1 is 0.424 bits per heavy atom. The number of halogens is 1. The SMILES string of the molecule is CC(C)(C)c1csc(CF)n1.CCc1nc(C(C)(C)C)cs1.CN(C)c1nc(C(C)(C)C)cs1.CSc1nc(C(C)(C)C)cs1.Cc1ccc(C(C)(C)C)nc1.Cc1cccc(C(C)(C)C)n1.Cc1ccnc(C(C)(C)C)c1.Cc1ncc(C(C)(C)C)[nH]1.Cn1ccnc1C(C)(C)C.Cn1cnc(C(C)(C)C)c1.Cn1cncc1C(C)(C)C. The molecule has 0 aliphatic heterocycles. The predicted octanol–water partition coefficient (Wildman–Crippen LogP) is 26.8. The van der Waals surface area contributed by atoms with Crippen molar-refractivity contribution >= 4 is 62.2 Å². The number of anilines is 1. The molecule has 0 aliphatic carbocycles. The van der Waals surface area contributed by atoms with Crippen LogP contribution in [0.2, 0.25) is 0 Å². The van der Waals surface area contributed by atoms with Crippen LogP contribution in [0.3, 0.4) is 0 Å². The van der Waals surface area contributed by atoms with Gasteiger partial charge in [0.2, 0.25) is 0 Å². The number of pyridine rings is 3. The highest BCUT2D eigenvalue weighted by Gasteiger charge is 2.24. The van der Waals surface area contributed by atoms with Crippen LogP contribution >= 0.6 is 57.1 Å². The molecule has 0 atom stereocenters. The van der Waals surface area contributed by atoms with E-state index >= 15 is 0 Å². The van der Waals surface area contributed by atoms with Crippen molar-refractivity contribution in [1.29, 1.82) is 0 Å². The maximum atomic E-state index is 12.1. The van der Waals surface area contributed by atoms with Crippen molar-refractivity contribution in [3.63, 3.8) is 0 Å². The number of aromatic nitrogens is 15. The van der Waals surface area contributed by atoms with E-state index in [9.17, 15) is 4.39 Å². The van der Waals surface area contributed by atoms with Gasteiger partial charge in [0.1, 0.15) is 27.7 Å². The summed E-state index contributed by atoms with van der Waals surface area (Å²) in [6.07, 6.45) is 20.3. The Kier molecular flexibility index (Phi) is 43.2. The van der Waals surface area contributed by atoms with Crippen LogP contribution in [0.15, 0.2) is 124 Å². The zero-order valence-corrected chi connectivity index (χ0v) is 85.7. The van der Waals surface area contributed by atoms with Gasteiger partial charge in [-0.25, -0.2) is 44.3 Å². The van der Waals surface area contributed by atoms with Gasteiger partial charge in [-0.05, 0) is 81.8 Å². The number of rotatable bonds is 4. The normalized spacial score (nSPS) is 11.9. The van der Waals surface area contributed by atoms with Crippen LogP contribution in [0.1, 0.15) is 331 Å². The predicted molar refractivity (Wildman–Crippen MR) is 514 cm³/mol. The quantitative estimate of drug-likeness (QED) is 0.165. The highest BCUT2D eigenvalue weighted by Crippen LogP contribution is 2.32. The third-order valence-corrected chi connectivity index (χ3v) is 21.9. The molecule has 0 radical (unpaired) electrons. The minimum absolute atomic E-state index is 0.0456. The molecular formula is C96H157FN16S5. The monoisotopic (exact) mass is 1710 g/mol. The molecule has 11 rings (SSSR count). The molecule has 0 unspecified atom stereocenters. The van der Waals surface area contributed by atoms with E-state index in [2.05, 4.69) is 377 Å². The van der Waals surface area contributed by atoms with Crippen molar-refractivity contribution in [3.05, 3.63) is 215 Å². The number of alkyl halides is 1. The average molecular weight is 1710 g/mol. The summed E-state index contributed by atoms with van der Waals surface area (Å²) in [5.74, 6) is 2.12. The minimum atomic E-state index is -0.444. The minimum Gasteiger partial charge on any atom is -0.354 e. The van der Waals surface area contributed by atoms with Gasteiger partial charge in [-0.1, -0.05) is 259 Å². The van der Waals surface area contributed by atoms with Gasteiger partial charge in [0, 0.05) is 194 Å². The van der Waals surface area contributed by atoms with E-state index in [1.807, 2.05) is 126 Å². The Balaban J connectivity index is 0.000000649. The second-order valence-electron chi connectivity index (χ2n) is 41.3. The van der Waals surface area contributed by atoms with Crippen LogP contribution in [0.4, 0.5) is 9.52 Å². The first-order chi connectivity index (χ1) is 53.5. The number of aryl methyl sites for hydroxylation is 8. The summed E-state index contributed by atoms with van der Waals surface area (Å²) >= 11 is 8.30. The van der Waals surface area contributed by atoms with E-state index in [1.165, 1.54) is 55.9 Å². The summed E-state index contributed by atoms with van der Waals surface area (Å²) in [4.78, 5) is 52.7. The van der Waals surface area contributed by atoms with Gasteiger partial charge in [0.05, 0.1) is 46.1 Å². The largest absolute Gasteiger partial charge is 0.354 e. The number of hydrogen-bond donors (Lipinski definition) is 1. The molecule has 658 valence electrons. The number of aromatic amines is 1. The zero-order chi connectivity index (χ0) is 91.4. The highest BCUT2D eigenvalue weighted by atomic mass is 32.2. The van der Waals surface area contributed by atoms with E-state index in [1.54, 1.807) is 45.8 Å². The Morgan fingerprint density at radius 3 is 1.18 bits per heavy atom. The number of hydrogen-bond acceptors (Lipinski definition) is 17. The topological polar surface area (TPSA) is 176 Å². The summed E-state index contributed by atoms with van der Waals surface area (Å²) in [7, 11) is 10.1. The van der Waals surface area contributed by atoms with Crippen molar-refractivity contribution in [1.82, 2.24) is 73.5 Å². The Bertz CT molecular complexity index is 4290. The first kappa shape index (κ1) is 109. The molecule has 1 N–H and O–H groups in total. The van der Waals surface area contributed by atoms with E-state index in [4.69, 9.17) is 0 Å². The molecular weight excluding hydrogens is 1560 g/mol. The Labute approximate surface area is 736 Å². The lowest BCUT2D eigenvalue weighted by molar-refractivity contribution is 0.479. The first-order valence-corrected chi connectivity index (χ1v) is 45.6. The van der Waals surface area contributed by atoms with Crippen LogP contribution in [0.25, 0.3) is 0 Å². The van der Waals surface area contributed by atoms with Crippen LogP contribution in [-0.4, -0.2) is 93.9 Å². The van der Waals surface area contributed by atoms with Gasteiger partial charge in [-0.15, -0.1) is 45.3 Å². The van der Waals surface area contributed by atoms with Crippen molar-refractivity contribution in [2.24, 2.45) is 21.1 Å². The number of thioether (sulfide) groups is 1. The number of nitrogens with one attached hydrogen (secondary N) is 1. The molecule has 11 aromatic heterocycles. The smallest absolute Gasteiger partial charge is 0.184 e. The third kappa shape index (κ3) is 42.4. The molecule has 0 aliphatic rings. The molecule has 0 aromatic carbocycles. The fraction of sp³-hybridized carbons (Fsp3) is 0.594. The lowest BCUT2D eigenvalue weighted by atomic mass is 9.91. The van der Waals surface area contributed by atoms with Gasteiger partial charge in [-0.3, -0.25) is 15.0 Å². The maximum Gasteiger partial charge on any atom is 0.184 e. The Morgan fingerprint density at radius 2 is 0.915 bits per heavy atom. The van der Waals surface area contributed by atoms with E-state index < -0.39 is 6.67 Å². The highest BCUT2D eigenvalue weighted by molar-refractivity contribution is 8.00. The summed E-state index contributed by atoms with van der Waals surface area (Å²) in [6, 6.07) is 14.5. The second kappa shape index (κ2) is 46.8. The number of nitrogens with zero attached hydrogens (tertiary/aromatic N) is 15. The zero-order valence-electron chi connectivity index (χ0n) is 81.6. The number of H-pyrrole nitrogens is 1. The summed E-state index contributed by atoms with van der Waals surface area (Å²) < 4.78 is 19.3. The summed E-state index contributed by atoms with van der Waals surface area (Å²) in [6.45, 7) is 81.3. The molecule has 0 saturated heterocycles. The summed E-state index contributed by atoms with van der Waals surface area (Å²) in [5.41, 5.74) is 17.2. The number of thiazole rings is 4. The van der Waals surface area contributed by atoms with Crippen molar-refractivity contribution < 1.29 is 4.39 Å². The van der Waals surface area contributed by atoms with Crippen LogP contribution < -0.4 is 4.90 Å². The lowest BCUT2D eigenvalue weighted by Gasteiger charge is -2.18. The van der Waals surface area contributed by atoms with Gasteiger partial charge >= 0.3 is 0 Å². The maximum absolute atomic E-state index is 12.1. The Hall–Kier alpha value is -7.11. The fourth-order valence-electron chi connectivity index (χ4n) is 9.63. The average Bonchev–Trinajstić information content (AvgIpc) is 1.51. The molecule has 11 heterocycles. The van der Waals surface area contributed by atoms with Crippen molar-refractivity contribution in [2.45, 2.75) is 340 Å². The van der Waals surface area contributed by atoms with Crippen LogP contribution in [0, 0.1) is 27.7 Å². The van der Waals surface area contributed by atoms with E-state index in [-0.39, 0.29) is 59.6 Å². The molecule has 0 spiro atoms.